The fraction of sp³-hybridized carbons (Fsp3) is 0.786. The first-order valence-corrected chi connectivity index (χ1v) is 7.03. The van der Waals surface area contributed by atoms with Gasteiger partial charge in [0.05, 0.1) is 11.7 Å². The topological polar surface area (TPSA) is 41.3 Å². The van der Waals surface area contributed by atoms with Gasteiger partial charge in [0.25, 0.3) is 0 Å². The summed E-state index contributed by atoms with van der Waals surface area (Å²) in [4.78, 5) is 2.55. The van der Waals surface area contributed by atoms with Gasteiger partial charge in [-0.15, -0.1) is 0 Å². The average Bonchev–Trinajstić information content (AvgIpc) is 2.71. The lowest BCUT2D eigenvalue weighted by molar-refractivity contribution is 0.109. The van der Waals surface area contributed by atoms with Crippen molar-refractivity contribution in [1.29, 1.82) is 0 Å². The molecule has 0 aliphatic carbocycles. The molecule has 18 heavy (non-hydrogen) atoms. The molecule has 2 rings (SSSR count). The maximum absolute atomic E-state index is 9.05. The number of nitrogens with zero attached hydrogens (tertiary/aromatic N) is 3. The zero-order valence-electron chi connectivity index (χ0n) is 11.8. The van der Waals surface area contributed by atoms with Crippen LogP contribution in [0.4, 0.5) is 0 Å². The van der Waals surface area contributed by atoms with Crippen molar-refractivity contribution in [3.63, 3.8) is 0 Å². The van der Waals surface area contributed by atoms with Crippen LogP contribution in [0.2, 0.25) is 0 Å². The molecule has 1 fully saturated rings. The lowest BCUT2D eigenvalue weighted by atomic mass is 9.97. The Hall–Kier alpha value is -0.870. The predicted molar refractivity (Wildman–Crippen MR) is 72.4 cm³/mol. The SMILES string of the molecule is CC(C)N1CCCC[C@H]1c1cc(CCO)n(C)n1. The molecule has 0 saturated carbocycles. The second-order valence-electron chi connectivity index (χ2n) is 5.50. The number of piperidine rings is 1. The van der Waals surface area contributed by atoms with Gasteiger partial charge < -0.3 is 5.11 Å². The molecule has 0 amide bonds. The van der Waals surface area contributed by atoms with Gasteiger partial charge in [0.1, 0.15) is 0 Å². The van der Waals surface area contributed by atoms with Gasteiger partial charge >= 0.3 is 0 Å². The fourth-order valence-corrected chi connectivity index (χ4v) is 2.93. The Morgan fingerprint density at radius 3 is 2.89 bits per heavy atom. The minimum atomic E-state index is 0.192. The summed E-state index contributed by atoms with van der Waals surface area (Å²) in [5.74, 6) is 0. The summed E-state index contributed by atoms with van der Waals surface area (Å²) in [5.41, 5.74) is 2.30. The van der Waals surface area contributed by atoms with E-state index in [-0.39, 0.29) is 6.61 Å². The van der Waals surface area contributed by atoms with E-state index in [4.69, 9.17) is 5.11 Å². The smallest absolute Gasteiger partial charge is 0.0799 e. The number of rotatable bonds is 4. The van der Waals surface area contributed by atoms with E-state index in [1.54, 1.807) is 0 Å². The van der Waals surface area contributed by atoms with Crippen LogP contribution in [0.5, 0.6) is 0 Å². The quantitative estimate of drug-likeness (QED) is 0.888. The van der Waals surface area contributed by atoms with E-state index < -0.39 is 0 Å². The van der Waals surface area contributed by atoms with Crippen LogP contribution in [0.1, 0.15) is 50.5 Å². The van der Waals surface area contributed by atoms with Crippen LogP contribution < -0.4 is 0 Å². The van der Waals surface area contributed by atoms with Crippen molar-refractivity contribution < 1.29 is 5.11 Å². The summed E-state index contributed by atoms with van der Waals surface area (Å²) >= 11 is 0. The third kappa shape index (κ3) is 2.75. The number of aliphatic hydroxyl groups excluding tert-OH is 1. The first-order chi connectivity index (χ1) is 8.63. The summed E-state index contributed by atoms with van der Waals surface area (Å²) in [6.07, 6.45) is 4.48. The molecule has 1 aromatic rings. The highest BCUT2D eigenvalue weighted by Gasteiger charge is 2.28. The summed E-state index contributed by atoms with van der Waals surface area (Å²) in [6, 6.07) is 3.19. The minimum Gasteiger partial charge on any atom is -0.396 e. The van der Waals surface area contributed by atoms with Crippen LogP contribution in [0, 0.1) is 0 Å². The molecule has 1 aliphatic heterocycles. The predicted octanol–water partition coefficient (Wildman–Crippen LogP) is 1.89. The van der Waals surface area contributed by atoms with Crippen LogP contribution in [-0.2, 0) is 13.5 Å². The third-order valence-electron chi connectivity index (χ3n) is 3.91. The molecule has 0 bridgehead atoms. The Morgan fingerprint density at radius 2 is 2.22 bits per heavy atom. The summed E-state index contributed by atoms with van der Waals surface area (Å²) < 4.78 is 1.92. The number of aryl methyl sites for hydroxylation is 1. The summed E-state index contributed by atoms with van der Waals surface area (Å²) in [7, 11) is 1.97. The zero-order valence-corrected chi connectivity index (χ0v) is 11.8. The van der Waals surface area contributed by atoms with Crippen LogP contribution in [0.3, 0.4) is 0 Å². The maximum atomic E-state index is 9.05. The van der Waals surface area contributed by atoms with Gasteiger partial charge in [-0.1, -0.05) is 6.42 Å². The number of hydrogen-bond acceptors (Lipinski definition) is 3. The van der Waals surface area contributed by atoms with Crippen LogP contribution in [0.15, 0.2) is 6.07 Å². The highest BCUT2D eigenvalue weighted by Crippen LogP contribution is 2.31. The van der Waals surface area contributed by atoms with E-state index in [1.807, 2.05) is 11.7 Å². The molecule has 2 heterocycles. The van der Waals surface area contributed by atoms with Gasteiger partial charge in [0, 0.05) is 31.8 Å². The van der Waals surface area contributed by atoms with E-state index in [2.05, 4.69) is 29.9 Å². The Balaban J connectivity index is 2.20. The van der Waals surface area contributed by atoms with Crippen LogP contribution in [0.25, 0.3) is 0 Å². The second kappa shape index (κ2) is 5.85. The lowest BCUT2D eigenvalue weighted by Gasteiger charge is -2.37. The van der Waals surface area contributed by atoms with Gasteiger partial charge in [-0.3, -0.25) is 9.58 Å². The lowest BCUT2D eigenvalue weighted by Crippen LogP contribution is -2.38. The first kappa shape index (κ1) is 13.6. The summed E-state index contributed by atoms with van der Waals surface area (Å²) in [6.45, 7) is 5.89. The Kier molecular flexibility index (Phi) is 4.40. The Morgan fingerprint density at radius 1 is 1.44 bits per heavy atom. The number of hydrogen-bond donors (Lipinski definition) is 1. The molecule has 4 heteroatoms. The molecule has 0 radical (unpaired) electrons. The van der Waals surface area contributed by atoms with Gasteiger partial charge in [-0.05, 0) is 39.3 Å². The minimum absolute atomic E-state index is 0.192. The average molecular weight is 251 g/mol. The Labute approximate surface area is 110 Å². The molecule has 1 N–H and O–H groups in total. The molecule has 1 atom stereocenters. The third-order valence-corrected chi connectivity index (χ3v) is 3.91. The number of aromatic nitrogens is 2. The molecule has 0 unspecified atom stereocenters. The standard InChI is InChI=1S/C14H25N3O/c1-11(2)17-8-5-4-6-14(17)13-10-12(7-9-18)16(3)15-13/h10-11,14,18H,4-9H2,1-3H3/t14-/m0/s1. The van der Waals surface area contributed by atoms with Crippen molar-refractivity contribution in [2.45, 2.75) is 51.6 Å². The fourth-order valence-electron chi connectivity index (χ4n) is 2.93. The maximum Gasteiger partial charge on any atom is 0.0799 e. The molecule has 102 valence electrons. The number of likely N-dealkylation sites (tertiary alicyclic amines) is 1. The first-order valence-electron chi connectivity index (χ1n) is 7.03. The van der Waals surface area contributed by atoms with Crippen molar-refractivity contribution in [3.05, 3.63) is 17.5 Å². The van der Waals surface area contributed by atoms with E-state index >= 15 is 0 Å². The second-order valence-corrected chi connectivity index (χ2v) is 5.50. The van der Waals surface area contributed by atoms with Gasteiger partial charge in [0.2, 0.25) is 0 Å². The number of aliphatic hydroxyl groups is 1. The van der Waals surface area contributed by atoms with E-state index in [9.17, 15) is 0 Å². The van der Waals surface area contributed by atoms with E-state index in [1.165, 1.54) is 31.5 Å². The van der Waals surface area contributed by atoms with Crippen molar-refractivity contribution in [3.8, 4) is 0 Å². The van der Waals surface area contributed by atoms with Crippen molar-refractivity contribution in [2.75, 3.05) is 13.2 Å². The van der Waals surface area contributed by atoms with Gasteiger partial charge in [-0.2, -0.15) is 5.10 Å². The van der Waals surface area contributed by atoms with Crippen molar-refractivity contribution >= 4 is 0 Å². The van der Waals surface area contributed by atoms with E-state index in [0.717, 1.165) is 5.69 Å². The van der Waals surface area contributed by atoms with Crippen LogP contribution in [-0.4, -0.2) is 39.0 Å². The van der Waals surface area contributed by atoms with E-state index in [0.29, 0.717) is 18.5 Å². The monoisotopic (exact) mass is 251 g/mol. The zero-order chi connectivity index (χ0) is 13.1. The summed E-state index contributed by atoms with van der Waals surface area (Å²) in [5, 5.41) is 13.7. The normalized spacial score (nSPS) is 21.7. The van der Waals surface area contributed by atoms with Gasteiger partial charge in [-0.25, -0.2) is 0 Å². The van der Waals surface area contributed by atoms with Crippen molar-refractivity contribution in [2.24, 2.45) is 7.05 Å². The Bertz CT molecular complexity index is 386. The van der Waals surface area contributed by atoms with Crippen molar-refractivity contribution in [1.82, 2.24) is 14.7 Å². The molecule has 0 spiro atoms. The molecule has 1 aliphatic rings. The molecule has 1 saturated heterocycles. The molecule has 1 aromatic heterocycles. The van der Waals surface area contributed by atoms with Crippen LogP contribution >= 0.6 is 0 Å². The largest absolute Gasteiger partial charge is 0.396 e. The van der Waals surface area contributed by atoms with Gasteiger partial charge in [0.15, 0.2) is 0 Å². The molecule has 4 nitrogen and oxygen atoms in total. The molecular formula is C14H25N3O. The molecule has 0 aromatic carbocycles. The highest BCUT2D eigenvalue weighted by atomic mass is 16.3. The highest BCUT2D eigenvalue weighted by molar-refractivity contribution is 5.15. The molecular weight excluding hydrogens is 226 g/mol.